The molecule has 0 radical (unpaired) electrons. The smallest absolute Gasteiger partial charge is 0.332 e. The van der Waals surface area contributed by atoms with Gasteiger partial charge in [0.05, 0.1) is 0 Å². The van der Waals surface area contributed by atoms with Crippen LogP contribution in [0.1, 0.15) is 39.5 Å². The third-order valence-corrected chi connectivity index (χ3v) is 3.22. The van der Waals surface area contributed by atoms with Crippen molar-refractivity contribution in [3.63, 3.8) is 0 Å². The molecule has 0 saturated carbocycles. The number of piperidine rings is 1. The van der Waals surface area contributed by atoms with Crippen molar-refractivity contribution in [3.05, 3.63) is 0 Å². The number of ether oxygens (including phenoxy) is 1. The molecule has 1 heterocycles. The molecule has 0 spiro atoms. The lowest BCUT2D eigenvalue weighted by Gasteiger charge is -2.35. The van der Waals surface area contributed by atoms with Crippen molar-refractivity contribution in [2.45, 2.75) is 51.7 Å². The summed E-state index contributed by atoms with van der Waals surface area (Å²) in [7, 11) is 0. The number of carboxylic acid groups (broad SMARTS) is 1. The molecule has 1 aliphatic rings. The van der Waals surface area contributed by atoms with Crippen LogP contribution in [0.15, 0.2) is 0 Å². The Bertz CT molecular complexity index is 280. The highest BCUT2D eigenvalue weighted by atomic mass is 16.5. The average molecular weight is 243 g/mol. The highest BCUT2D eigenvalue weighted by Crippen LogP contribution is 2.19. The van der Waals surface area contributed by atoms with Gasteiger partial charge in [-0.25, -0.2) is 4.79 Å². The molecular formula is C12H21NO4. The van der Waals surface area contributed by atoms with Gasteiger partial charge in [0.15, 0.2) is 6.10 Å². The molecule has 0 aromatic heterocycles. The van der Waals surface area contributed by atoms with E-state index in [0.29, 0.717) is 6.04 Å². The van der Waals surface area contributed by atoms with E-state index in [1.165, 1.54) is 6.92 Å². The van der Waals surface area contributed by atoms with Crippen LogP contribution in [0.5, 0.6) is 0 Å². The molecule has 0 aliphatic carbocycles. The van der Waals surface area contributed by atoms with Gasteiger partial charge in [0.25, 0.3) is 0 Å². The number of rotatable bonds is 5. The van der Waals surface area contributed by atoms with E-state index in [1.807, 2.05) is 4.90 Å². The van der Waals surface area contributed by atoms with Crippen LogP contribution in [0.25, 0.3) is 0 Å². The van der Waals surface area contributed by atoms with Gasteiger partial charge >= 0.3 is 5.97 Å². The molecule has 0 aromatic carbocycles. The third kappa shape index (κ3) is 4.00. The second-order valence-electron chi connectivity index (χ2n) is 4.44. The molecule has 2 atom stereocenters. The summed E-state index contributed by atoms with van der Waals surface area (Å²) >= 11 is 0. The minimum atomic E-state index is -1.04. The molecule has 17 heavy (non-hydrogen) atoms. The molecule has 1 fully saturated rings. The van der Waals surface area contributed by atoms with Crippen molar-refractivity contribution in [2.75, 3.05) is 13.2 Å². The van der Waals surface area contributed by atoms with E-state index in [1.54, 1.807) is 0 Å². The predicted octanol–water partition coefficient (Wildman–Crippen LogP) is 1.27. The average Bonchev–Trinajstić information content (AvgIpc) is 2.35. The Morgan fingerprint density at radius 1 is 1.47 bits per heavy atom. The summed E-state index contributed by atoms with van der Waals surface area (Å²) in [6.45, 7) is 4.13. The molecule has 0 bridgehead atoms. The fourth-order valence-corrected chi connectivity index (χ4v) is 2.10. The number of aliphatic carboxylic acids is 1. The molecule has 5 heteroatoms. The Morgan fingerprint density at radius 2 is 2.18 bits per heavy atom. The number of carbonyl (C=O) groups excluding carboxylic acids is 1. The number of likely N-dealkylation sites (tertiary alicyclic amines) is 1. The Balaban J connectivity index is 2.42. The number of carboxylic acids is 1. The molecule has 5 nitrogen and oxygen atoms in total. The van der Waals surface area contributed by atoms with Crippen LogP contribution < -0.4 is 0 Å². The molecule has 1 aliphatic heterocycles. The summed E-state index contributed by atoms with van der Waals surface area (Å²) in [6, 6.07) is 0.292. The fraction of sp³-hybridized carbons (Fsp3) is 0.833. The normalized spacial score (nSPS) is 22.2. The molecular weight excluding hydrogens is 222 g/mol. The summed E-state index contributed by atoms with van der Waals surface area (Å²) < 4.78 is 5.02. The molecule has 1 amide bonds. The highest BCUT2D eigenvalue weighted by molar-refractivity contribution is 5.78. The molecule has 2 unspecified atom stereocenters. The number of hydrogen-bond acceptors (Lipinski definition) is 3. The first kappa shape index (κ1) is 14.0. The van der Waals surface area contributed by atoms with Crippen LogP contribution in [0.3, 0.4) is 0 Å². The van der Waals surface area contributed by atoms with Gasteiger partial charge in [0, 0.05) is 12.6 Å². The summed E-state index contributed by atoms with van der Waals surface area (Å²) in [5, 5.41) is 8.65. The van der Waals surface area contributed by atoms with E-state index in [0.717, 1.165) is 32.2 Å². The van der Waals surface area contributed by atoms with Crippen molar-refractivity contribution < 1.29 is 19.4 Å². The monoisotopic (exact) mass is 243 g/mol. The minimum absolute atomic E-state index is 0.0929. The zero-order valence-corrected chi connectivity index (χ0v) is 10.5. The topological polar surface area (TPSA) is 66.8 Å². The van der Waals surface area contributed by atoms with E-state index in [9.17, 15) is 9.59 Å². The SMILES string of the molecule is CCC1CCCCN1C(=O)COC(C)C(=O)O. The molecule has 1 rings (SSSR count). The summed E-state index contributed by atoms with van der Waals surface area (Å²) in [5.41, 5.74) is 0. The first-order valence-corrected chi connectivity index (χ1v) is 6.20. The Hall–Kier alpha value is -1.10. The zero-order chi connectivity index (χ0) is 12.8. The molecule has 98 valence electrons. The van der Waals surface area contributed by atoms with Gasteiger partial charge < -0.3 is 14.7 Å². The van der Waals surface area contributed by atoms with Crippen molar-refractivity contribution in [2.24, 2.45) is 0 Å². The maximum Gasteiger partial charge on any atom is 0.332 e. The highest BCUT2D eigenvalue weighted by Gasteiger charge is 2.26. The quantitative estimate of drug-likeness (QED) is 0.789. The van der Waals surface area contributed by atoms with Gasteiger partial charge in [0.2, 0.25) is 5.91 Å². The number of nitrogens with zero attached hydrogens (tertiary/aromatic N) is 1. The van der Waals surface area contributed by atoms with E-state index >= 15 is 0 Å². The summed E-state index contributed by atoms with van der Waals surface area (Å²) in [6.07, 6.45) is 3.24. The van der Waals surface area contributed by atoms with Gasteiger partial charge in [-0.1, -0.05) is 6.92 Å². The van der Waals surface area contributed by atoms with Gasteiger partial charge in [-0.2, -0.15) is 0 Å². The van der Waals surface area contributed by atoms with Crippen LogP contribution in [-0.4, -0.2) is 47.2 Å². The molecule has 1 saturated heterocycles. The van der Waals surface area contributed by atoms with Crippen LogP contribution in [-0.2, 0) is 14.3 Å². The van der Waals surface area contributed by atoms with Gasteiger partial charge in [-0.05, 0) is 32.6 Å². The maximum atomic E-state index is 11.9. The van der Waals surface area contributed by atoms with E-state index in [2.05, 4.69) is 6.92 Å². The first-order valence-electron chi connectivity index (χ1n) is 6.20. The second kappa shape index (κ2) is 6.59. The van der Waals surface area contributed by atoms with Gasteiger partial charge in [-0.3, -0.25) is 4.79 Å². The maximum absolute atomic E-state index is 11.9. The van der Waals surface area contributed by atoms with Crippen LogP contribution >= 0.6 is 0 Å². The van der Waals surface area contributed by atoms with E-state index in [-0.39, 0.29) is 12.5 Å². The summed E-state index contributed by atoms with van der Waals surface area (Å²) in [4.78, 5) is 24.3. The van der Waals surface area contributed by atoms with Crippen molar-refractivity contribution in [1.82, 2.24) is 4.90 Å². The van der Waals surface area contributed by atoms with Crippen LogP contribution in [0.2, 0.25) is 0 Å². The van der Waals surface area contributed by atoms with Gasteiger partial charge in [0.1, 0.15) is 6.61 Å². The fourth-order valence-electron chi connectivity index (χ4n) is 2.10. The third-order valence-electron chi connectivity index (χ3n) is 3.22. The second-order valence-corrected chi connectivity index (χ2v) is 4.44. The van der Waals surface area contributed by atoms with Crippen molar-refractivity contribution in [3.8, 4) is 0 Å². The Morgan fingerprint density at radius 3 is 2.76 bits per heavy atom. The van der Waals surface area contributed by atoms with E-state index < -0.39 is 12.1 Å². The minimum Gasteiger partial charge on any atom is -0.479 e. The number of hydrogen-bond donors (Lipinski definition) is 1. The van der Waals surface area contributed by atoms with Crippen molar-refractivity contribution in [1.29, 1.82) is 0 Å². The predicted molar refractivity (Wildman–Crippen MR) is 62.7 cm³/mol. The first-order chi connectivity index (χ1) is 8.06. The van der Waals surface area contributed by atoms with Gasteiger partial charge in [-0.15, -0.1) is 0 Å². The number of carbonyl (C=O) groups is 2. The zero-order valence-electron chi connectivity index (χ0n) is 10.5. The Labute approximate surface area is 102 Å². The Kier molecular flexibility index (Phi) is 5.41. The lowest BCUT2D eigenvalue weighted by Crippen LogP contribution is -2.45. The van der Waals surface area contributed by atoms with Crippen LogP contribution in [0.4, 0.5) is 0 Å². The summed E-state index contributed by atoms with van der Waals surface area (Å²) in [5.74, 6) is -1.13. The standard InChI is InChI=1S/C12H21NO4/c1-3-10-6-4-5-7-13(10)11(14)8-17-9(2)12(15)16/h9-10H,3-8H2,1-2H3,(H,15,16). The van der Waals surface area contributed by atoms with E-state index in [4.69, 9.17) is 9.84 Å². The molecule has 0 aromatic rings. The molecule has 1 N–H and O–H groups in total. The number of amides is 1. The largest absolute Gasteiger partial charge is 0.479 e. The van der Waals surface area contributed by atoms with Crippen LogP contribution in [0, 0.1) is 0 Å². The lowest BCUT2D eigenvalue weighted by molar-refractivity contribution is -0.154. The lowest BCUT2D eigenvalue weighted by atomic mass is 10.00. The van der Waals surface area contributed by atoms with Crippen molar-refractivity contribution >= 4 is 11.9 Å².